The van der Waals surface area contributed by atoms with Gasteiger partial charge in [0.1, 0.15) is 19.0 Å². The Labute approximate surface area is 158 Å². The summed E-state index contributed by atoms with van der Waals surface area (Å²) < 4.78 is 16.4. The normalized spacial score (nSPS) is 20.2. The van der Waals surface area contributed by atoms with Crippen LogP contribution in [0.15, 0.2) is 48.0 Å². The summed E-state index contributed by atoms with van der Waals surface area (Å²) in [6, 6.07) is 13.9. The Hall–Kier alpha value is -2.95. The van der Waals surface area contributed by atoms with Crippen LogP contribution in [0.25, 0.3) is 5.57 Å². The van der Waals surface area contributed by atoms with Crippen molar-refractivity contribution in [2.75, 3.05) is 26.9 Å². The first-order valence-corrected chi connectivity index (χ1v) is 9.29. The molecular formula is C22H21NO4. The first-order valence-electron chi connectivity index (χ1n) is 9.29. The lowest BCUT2D eigenvalue weighted by Gasteiger charge is -2.28. The summed E-state index contributed by atoms with van der Waals surface area (Å²) in [5.74, 6) is 2.31. The molecule has 1 amide bonds. The third kappa shape index (κ3) is 2.74. The van der Waals surface area contributed by atoms with Crippen molar-refractivity contribution in [1.29, 1.82) is 0 Å². The highest BCUT2D eigenvalue weighted by Crippen LogP contribution is 2.43. The number of hydrogen-bond donors (Lipinski definition) is 0. The molecule has 3 aliphatic rings. The second-order valence-corrected chi connectivity index (χ2v) is 7.16. The second kappa shape index (κ2) is 6.34. The molecule has 0 spiro atoms. The number of amides is 1. The molecule has 2 heterocycles. The zero-order valence-corrected chi connectivity index (χ0v) is 15.2. The third-order valence-corrected chi connectivity index (χ3v) is 5.64. The Morgan fingerprint density at radius 2 is 1.81 bits per heavy atom. The Morgan fingerprint density at radius 3 is 2.52 bits per heavy atom. The maximum Gasteiger partial charge on any atom is 0.254 e. The van der Waals surface area contributed by atoms with E-state index in [1.807, 2.05) is 35.2 Å². The minimum absolute atomic E-state index is 0.0701. The van der Waals surface area contributed by atoms with E-state index in [0.717, 1.165) is 18.6 Å². The summed E-state index contributed by atoms with van der Waals surface area (Å²) in [7, 11) is 1.68. The van der Waals surface area contributed by atoms with E-state index in [-0.39, 0.29) is 11.9 Å². The van der Waals surface area contributed by atoms with E-state index in [2.05, 4.69) is 12.1 Å². The van der Waals surface area contributed by atoms with Gasteiger partial charge in [0.2, 0.25) is 0 Å². The minimum Gasteiger partial charge on any atom is -0.497 e. The standard InChI is InChI=1S/C22H21NO4/c1-25-18-5-2-14(3-6-18)19-12-17-10-16(19)13-23(17)22(24)15-4-7-20-21(11-15)27-9-8-26-20/h2-7,11,17H,8-10,12-13H2,1H3. The number of hydrogen-bond acceptors (Lipinski definition) is 4. The quantitative estimate of drug-likeness (QED) is 0.837. The monoisotopic (exact) mass is 363 g/mol. The van der Waals surface area contributed by atoms with Crippen LogP contribution in [0, 0.1) is 0 Å². The molecule has 5 nitrogen and oxygen atoms in total. The van der Waals surface area contributed by atoms with Gasteiger partial charge in [0.25, 0.3) is 5.91 Å². The van der Waals surface area contributed by atoms with Gasteiger partial charge in [-0.05, 0) is 59.9 Å². The Morgan fingerprint density at radius 1 is 1.04 bits per heavy atom. The maximum atomic E-state index is 13.0. The van der Waals surface area contributed by atoms with E-state index in [1.54, 1.807) is 7.11 Å². The summed E-state index contributed by atoms with van der Waals surface area (Å²) in [6.45, 7) is 1.78. The molecule has 2 aromatic carbocycles. The average molecular weight is 363 g/mol. The topological polar surface area (TPSA) is 48.0 Å². The molecular weight excluding hydrogens is 342 g/mol. The smallest absolute Gasteiger partial charge is 0.254 e. The predicted molar refractivity (Wildman–Crippen MR) is 101 cm³/mol. The van der Waals surface area contributed by atoms with Crippen molar-refractivity contribution in [2.45, 2.75) is 18.9 Å². The number of nitrogens with zero attached hydrogens (tertiary/aromatic N) is 1. The molecule has 5 rings (SSSR count). The Kier molecular flexibility index (Phi) is 3.81. The predicted octanol–water partition coefficient (Wildman–Crippen LogP) is 3.54. The van der Waals surface area contributed by atoms with E-state index in [9.17, 15) is 4.79 Å². The fourth-order valence-corrected chi connectivity index (χ4v) is 4.27. The van der Waals surface area contributed by atoms with Crippen molar-refractivity contribution in [3.05, 3.63) is 59.2 Å². The van der Waals surface area contributed by atoms with Crippen molar-refractivity contribution in [1.82, 2.24) is 4.90 Å². The van der Waals surface area contributed by atoms with Crippen molar-refractivity contribution >= 4 is 11.5 Å². The number of carbonyl (C=O) groups excluding carboxylic acids is 1. The van der Waals surface area contributed by atoms with Crippen LogP contribution in [0.1, 0.15) is 28.8 Å². The van der Waals surface area contributed by atoms with E-state index in [1.165, 1.54) is 16.7 Å². The van der Waals surface area contributed by atoms with Gasteiger partial charge in [0.05, 0.1) is 7.11 Å². The fraction of sp³-hybridized carbons (Fsp3) is 0.318. The highest BCUT2D eigenvalue weighted by atomic mass is 16.6. The minimum atomic E-state index is 0.0701. The lowest BCUT2D eigenvalue weighted by molar-refractivity contribution is 0.0738. The van der Waals surface area contributed by atoms with Crippen LogP contribution in [0.3, 0.4) is 0 Å². The number of rotatable bonds is 3. The van der Waals surface area contributed by atoms with E-state index >= 15 is 0 Å². The SMILES string of the molecule is COc1ccc(C2=C3CC(C2)N(C(=O)c2ccc4c(c2)OCCO4)C3)cc1. The number of fused-ring (bicyclic) bond motifs is 3. The van der Waals surface area contributed by atoms with Gasteiger partial charge in [-0.2, -0.15) is 0 Å². The van der Waals surface area contributed by atoms with Crippen molar-refractivity contribution < 1.29 is 19.0 Å². The van der Waals surface area contributed by atoms with Crippen molar-refractivity contribution in [3.8, 4) is 17.2 Å². The van der Waals surface area contributed by atoms with Gasteiger partial charge in [-0.1, -0.05) is 12.1 Å². The molecule has 0 N–H and O–H groups in total. The molecule has 0 radical (unpaired) electrons. The summed E-state index contributed by atoms with van der Waals surface area (Å²) >= 11 is 0. The van der Waals surface area contributed by atoms with E-state index in [0.29, 0.717) is 36.8 Å². The second-order valence-electron chi connectivity index (χ2n) is 7.16. The molecule has 1 atom stereocenters. The van der Waals surface area contributed by atoms with Gasteiger partial charge >= 0.3 is 0 Å². The lowest BCUT2D eigenvalue weighted by atomic mass is 9.99. The van der Waals surface area contributed by atoms with Gasteiger partial charge in [0, 0.05) is 18.2 Å². The van der Waals surface area contributed by atoms with Crippen LogP contribution in [-0.4, -0.2) is 43.7 Å². The summed E-state index contributed by atoms with van der Waals surface area (Å²) in [5.41, 5.74) is 4.66. The number of methoxy groups -OCH3 is 1. The number of ether oxygens (including phenoxy) is 3. The first kappa shape index (κ1) is 16.2. The van der Waals surface area contributed by atoms with Gasteiger partial charge < -0.3 is 19.1 Å². The molecule has 2 aromatic rings. The number of benzene rings is 2. The molecule has 27 heavy (non-hydrogen) atoms. The van der Waals surface area contributed by atoms with Gasteiger partial charge in [-0.25, -0.2) is 0 Å². The van der Waals surface area contributed by atoms with Crippen LogP contribution in [0.4, 0.5) is 0 Å². The van der Waals surface area contributed by atoms with Gasteiger partial charge in [0.15, 0.2) is 11.5 Å². The average Bonchev–Trinajstić information content (AvgIpc) is 3.34. The molecule has 0 aromatic heterocycles. The van der Waals surface area contributed by atoms with Crippen molar-refractivity contribution in [2.24, 2.45) is 0 Å². The molecule has 5 heteroatoms. The molecule has 138 valence electrons. The van der Waals surface area contributed by atoms with Crippen molar-refractivity contribution in [3.63, 3.8) is 0 Å². The fourth-order valence-electron chi connectivity index (χ4n) is 4.27. The van der Waals surface area contributed by atoms with Gasteiger partial charge in [-0.15, -0.1) is 0 Å². The van der Waals surface area contributed by atoms with Crippen LogP contribution in [-0.2, 0) is 0 Å². The number of likely N-dealkylation sites (tertiary alicyclic amines) is 1. The van der Waals surface area contributed by atoms with Crippen LogP contribution < -0.4 is 14.2 Å². The summed E-state index contributed by atoms with van der Waals surface area (Å²) in [5, 5.41) is 0. The molecule has 2 aliphatic heterocycles. The molecule has 1 unspecified atom stereocenters. The Bertz CT molecular complexity index is 932. The zero-order valence-electron chi connectivity index (χ0n) is 15.2. The Balaban J connectivity index is 1.36. The highest BCUT2D eigenvalue weighted by Gasteiger charge is 2.39. The van der Waals surface area contributed by atoms with E-state index in [4.69, 9.17) is 14.2 Å². The summed E-state index contributed by atoms with van der Waals surface area (Å²) in [4.78, 5) is 15.0. The lowest BCUT2D eigenvalue weighted by Crippen LogP contribution is -2.37. The first-order chi connectivity index (χ1) is 13.2. The van der Waals surface area contributed by atoms with Crippen LogP contribution in [0.5, 0.6) is 17.2 Å². The largest absolute Gasteiger partial charge is 0.497 e. The molecule has 1 aliphatic carbocycles. The van der Waals surface area contributed by atoms with Crippen LogP contribution in [0.2, 0.25) is 0 Å². The molecule has 1 fully saturated rings. The molecule has 0 saturated carbocycles. The van der Waals surface area contributed by atoms with Crippen LogP contribution >= 0.6 is 0 Å². The number of carbonyl (C=O) groups is 1. The zero-order chi connectivity index (χ0) is 18.4. The highest BCUT2D eigenvalue weighted by molar-refractivity contribution is 5.96. The maximum absolute atomic E-state index is 13.0. The summed E-state index contributed by atoms with van der Waals surface area (Å²) in [6.07, 6.45) is 1.88. The van der Waals surface area contributed by atoms with E-state index < -0.39 is 0 Å². The molecule has 2 bridgehead atoms. The molecule has 1 saturated heterocycles. The van der Waals surface area contributed by atoms with Gasteiger partial charge in [-0.3, -0.25) is 4.79 Å². The third-order valence-electron chi connectivity index (χ3n) is 5.64.